The van der Waals surface area contributed by atoms with Gasteiger partial charge in [0.05, 0.1) is 16.5 Å². The number of carbonyl (C=O) groups is 2. The summed E-state index contributed by atoms with van der Waals surface area (Å²) in [5, 5.41) is 4.83. The Hall–Kier alpha value is -2.52. The average molecular weight is 449 g/mol. The third kappa shape index (κ3) is 5.40. The zero-order valence-electron chi connectivity index (χ0n) is 16.6. The Kier molecular flexibility index (Phi) is 6.24. The van der Waals surface area contributed by atoms with Crippen molar-refractivity contribution in [1.82, 2.24) is 10.2 Å². The van der Waals surface area contributed by atoms with E-state index >= 15 is 0 Å². The van der Waals surface area contributed by atoms with Gasteiger partial charge in [-0.3, -0.25) is 14.5 Å². The fourth-order valence-electron chi connectivity index (χ4n) is 3.85. The number of hydrogen-bond donors (Lipinski definition) is 2. The molecule has 0 saturated carbocycles. The van der Waals surface area contributed by atoms with E-state index in [0.29, 0.717) is 4.90 Å². The van der Waals surface area contributed by atoms with Gasteiger partial charge in [0.1, 0.15) is 0 Å². The summed E-state index contributed by atoms with van der Waals surface area (Å²) < 4.78 is 38.6. The summed E-state index contributed by atoms with van der Waals surface area (Å²) >= 11 is 1.12. The maximum Gasteiger partial charge on any atom is 0.416 e. The number of fused-ring (bicyclic) bond motifs is 1. The quantitative estimate of drug-likeness (QED) is 0.727. The lowest BCUT2D eigenvalue weighted by Crippen LogP contribution is -2.40. The van der Waals surface area contributed by atoms with Crippen molar-refractivity contribution in [2.45, 2.75) is 41.7 Å². The third-order valence-corrected chi connectivity index (χ3v) is 6.66. The number of alkyl halides is 3. The average Bonchev–Trinajstić information content (AvgIpc) is 3.14. The summed E-state index contributed by atoms with van der Waals surface area (Å²) in [5.74, 6) is -0.682. The maximum absolute atomic E-state index is 12.9. The number of carbonyl (C=O) groups excluding carboxylic acids is 2. The van der Waals surface area contributed by atoms with Crippen LogP contribution >= 0.6 is 11.8 Å². The molecule has 31 heavy (non-hydrogen) atoms. The van der Waals surface area contributed by atoms with Crippen LogP contribution in [0.1, 0.15) is 24.0 Å². The first-order valence-corrected chi connectivity index (χ1v) is 10.9. The molecule has 0 bridgehead atoms. The van der Waals surface area contributed by atoms with E-state index < -0.39 is 22.9 Å². The molecule has 2 N–H and O–H groups in total. The third-order valence-electron chi connectivity index (χ3n) is 5.38. The topological polar surface area (TPSA) is 61.4 Å². The Morgan fingerprint density at radius 2 is 1.97 bits per heavy atom. The van der Waals surface area contributed by atoms with E-state index in [9.17, 15) is 22.8 Å². The summed E-state index contributed by atoms with van der Waals surface area (Å²) in [6, 6.07) is 13.4. The summed E-state index contributed by atoms with van der Waals surface area (Å²) in [6.45, 7) is 2.45. The van der Waals surface area contributed by atoms with E-state index in [0.717, 1.165) is 49.9 Å². The Morgan fingerprint density at radius 3 is 2.71 bits per heavy atom. The fraction of sp³-hybridized carbons (Fsp3) is 0.364. The number of nitrogens with zero attached hydrogens (tertiary/aromatic N) is 1. The summed E-state index contributed by atoms with van der Waals surface area (Å²) in [4.78, 5) is 27.7. The minimum absolute atomic E-state index is 0.0217. The molecule has 2 aromatic carbocycles. The van der Waals surface area contributed by atoms with Gasteiger partial charge in [0.15, 0.2) is 0 Å². The molecule has 4 rings (SSSR count). The molecule has 0 unspecified atom stereocenters. The molecule has 2 amide bonds. The molecule has 2 heterocycles. The molecule has 0 aromatic heterocycles. The molecular weight excluding hydrogens is 427 g/mol. The Bertz CT molecular complexity index is 968. The number of rotatable bonds is 5. The van der Waals surface area contributed by atoms with Crippen molar-refractivity contribution in [2.24, 2.45) is 0 Å². The molecule has 2 aliphatic heterocycles. The highest BCUT2D eigenvalue weighted by atomic mass is 32.2. The Labute approximate surface area is 182 Å². The van der Waals surface area contributed by atoms with Gasteiger partial charge in [-0.15, -0.1) is 11.8 Å². The van der Waals surface area contributed by atoms with Gasteiger partial charge in [0, 0.05) is 37.0 Å². The largest absolute Gasteiger partial charge is 0.416 e. The molecule has 164 valence electrons. The molecule has 2 aliphatic rings. The fourth-order valence-corrected chi connectivity index (χ4v) is 4.94. The van der Waals surface area contributed by atoms with Gasteiger partial charge in [-0.25, -0.2) is 0 Å². The van der Waals surface area contributed by atoms with Gasteiger partial charge in [0.25, 0.3) is 0 Å². The van der Waals surface area contributed by atoms with E-state index in [1.807, 2.05) is 18.2 Å². The number of likely N-dealkylation sites (tertiary alicyclic amines) is 1. The van der Waals surface area contributed by atoms with Crippen LogP contribution in [0.25, 0.3) is 0 Å². The second-order valence-electron chi connectivity index (χ2n) is 7.78. The SMILES string of the molecule is O=C(C[C@@H]1Sc2ccc(C(F)(F)F)cc2NC1=O)N[C@@H]1CCN(Cc2ccccc2)C1. The molecule has 2 atom stereocenters. The highest BCUT2D eigenvalue weighted by Crippen LogP contribution is 2.40. The van der Waals surface area contributed by atoms with Crippen molar-refractivity contribution in [2.75, 3.05) is 18.4 Å². The number of nitrogens with one attached hydrogen (secondary N) is 2. The molecule has 1 fully saturated rings. The van der Waals surface area contributed by atoms with Crippen molar-refractivity contribution in [1.29, 1.82) is 0 Å². The summed E-state index contributed by atoms with van der Waals surface area (Å²) in [7, 11) is 0. The normalized spacial score (nSPS) is 21.5. The van der Waals surface area contributed by atoms with Crippen LogP contribution in [0.2, 0.25) is 0 Å². The lowest BCUT2D eigenvalue weighted by atomic mass is 10.1. The van der Waals surface area contributed by atoms with Crippen LogP contribution in [0.4, 0.5) is 18.9 Å². The van der Waals surface area contributed by atoms with E-state index in [4.69, 9.17) is 0 Å². The number of thioether (sulfide) groups is 1. The van der Waals surface area contributed by atoms with Crippen molar-refractivity contribution >= 4 is 29.3 Å². The minimum Gasteiger partial charge on any atom is -0.352 e. The Balaban J connectivity index is 1.30. The molecule has 0 spiro atoms. The predicted molar refractivity (Wildman–Crippen MR) is 113 cm³/mol. The molecule has 1 saturated heterocycles. The van der Waals surface area contributed by atoms with Crippen molar-refractivity contribution < 1.29 is 22.8 Å². The second kappa shape index (κ2) is 8.92. The minimum atomic E-state index is -4.48. The maximum atomic E-state index is 12.9. The molecule has 5 nitrogen and oxygen atoms in total. The van der Waals surface area contributed by atoms with Crippen LogP contribution in [0.5, 0.6) is 0 Å². The van der Waals surface area contributed by atoms with Crippen LogP contribution in [0.15, 0.2) is 53.4 Å². The van der Waals surface area contributed by atoms with Crippen LogP contribution < -0.4 is 10.6 Å². The molecule has 9 heteroatoms. The zero-order valence-corrected chi connectivity index (χ0v) is 17.4. The first-order chi connectivity index (χ1) is 14.8. The van der Waals surface area contributed by atoms with Crippen molar-refractivity contribution in [3.8, 4) is 0 Å². The van der Waals surface area contributed by atoms with E-state index in [2.05, 4.69) is 27.7 Å². The lowest BCUT2D eigenvalue weighted by molar-refractivity contribution is -0.137. The van der Waals surface area contributed by atoms with E-state index in [-0.39, 0.29) is 24.1 Å². The van der Waals surface area contributed by atoms with Gasteiger partial charge < -0.3 is 10.6 Å². The van der Waals surface area contributed by atoms with E-state index in [1.165, 1.54) is 11.6 Å². The molecule has 2 aromatic rings. The zero-order chi connectivity index (χ0) is 22.0. The van der Waals surface area contributed by atoms with Crippen LogP contribution in [0, 0.1) is 0 Å². The number of anilines is 1. The van der Waals surface area contributed by atoms with Gasteiger partial charge in [-0.1, -0.05) is 30.3 Å². The van der Waals surface area contributed by atoms with Gasteiger partial charge in [-0.05, 0) is 30.2 Å². The number of hydrogen-bond acceptors (Lipinski definition) is 4. The van der Waals surface area contributed by atoms with Gasteiger partial charge >= 0.3 is 6.18 Å². The number of halogens is 3. The number of benzene rings is 2. The standard InChI is InChI=1S/C22H22F3N3O2S/c23-22(24,25)15-6-7-18-17(10-15)27-21(30)19(31-18)11-20(29)26-16-8-9-28(13-16)12-14-4-2-1-3-5-14/h1-7,10,16,19H,8-9,11-13H2,(H,26,29)(H,27,30)/t16-,19+/m1/s1. The van der Waals surface area contributed by atoms with Gasteiger partial charge in [-0.2, -0.15) is 13.2 Å². The molecule has 0 radical (unpaired) electrons. The monoisotopic (exact) mass is 449 g/mol. The van der Waals surface area contributed by atoms with Crippen molar-refractivity contribution in [3.05, 3.63) is 59.7 Å². The first kappa shape index (κ1) is 21.7. The first-order valence-electron chi connectivity index (χ1n) is 10.0. The van der Waals surface area contributed by atoms with Crippen LogP contribution in [-0.2, 0) is 22.3 Å². The lowest BCUT2D eigenvalue weighted by Gasteiger charge is -2.25. The highest BCUT2D eigenvalue weighted by molar-refractivity contribution is 8.01. The summed E-state index contributed by atoms with van der Waals surface area (Å²) in [6.07, 6.45) is -3.66. The highest BCUT2D eigenvalue weighted by Gasteiger charge is 2.34. The van der Waals surface area contributed by atoms with E-state index in [1.54, 1.807) is 0 Å². The smallest absolute Gasteiger partial charge is 0.352 e. The molecular formula is C22H22F3N3O2S. The molecule has 0 aliphatic carbocycles. The predicted octanol–water partition coefficient (Wildman–Crippen LogP) is 3.90. The van der Waals surface area contributed by atoms with Crippen LogP contribution in [-0.4, -0.2) is 41.1 Å². The van der Waals surface area contributed by atoms with Crippen LogP contribution in [0.3, 0.4) is 0 Å². The summed E-state index contributed by atoms with van der Waals surface area (Å²) in [5.41, 5.74) is 0.538. The Morgan fingerprint density at radius 1 is 1.19 bits per heavy atom. The second-order valence-corrected chi connectivity index (χ2v) is 9.03. The van der Waals surface area contributed by atoms with Gasteiger partial charge in [0.2, 0.25) is 11.8 Å². The number of amides is 2. The van der Waals surface area contributed by atoms with Crippen molar-refractivity contribution in [3.63, 3.8) is 0 Å².